The monoisotopic (exact) mass is 235 g/mol. The lowest BCUT2D eigenvalue weighted by atomic mass is 9.99. The Labute approximate surface area is 105 Å². The highest BCUT2D eigenvalue weighted by Gasteiger charge is 2.07. The lowest BCUT2D eigenvalue weighted by Gasteiger charge is -2.16. The number of nitrogens with zero attached hydrogens (tertiary/aromatic N) is 1. The maximum atomic E-state index is 5.59. The number of rotatable bonds is 8. The van der Waals surface area contributed by atoms with Crippen LogP contribution in [0.3, 0.4) is 0 Å². The highest BCUT2D eigenvalue weighted by Crippen LogP contribution is 2.12. The first-order valence-electron chi connectivity index (χ1n) is 6.57. The largest absolute Gasteiger partial charge is 0.271 e. The number of hydrogen-bond donors (Lipinski definition) is 2. The van der Waals surface area contributed by atoms with Gasteiger partial charge < -0.3 is 0 Å². The van der Waals surface area contributed by atoms with Gasteiger partial charge >= 0.3 is 0 Å². The molecule has 1 aromatic rings. The van der Waals surface area contributed by atoms with Gasteiger partial charge in [0.1, 0.15) is 0 Å². The van der Waals surface area contributed by atoms with Crippen molar-refractivity contribution in [3.05, 3.63) is 30.1 Å². The van der Waals surface area contributed by atoms with E-state index in [0.29, 0.717) is 6.04 Å². The topological polar surface area (TPSA) is 50.9 Å². The van der Waals surface area contributed by atoms with Gasteiger partial charge in [-0.05, 0) is 36.8 Å². The summed E-state index contributed by atoms with van der Waals surface area (Å²) in [6.07, 6.45) is 9.57. The highest BCUT2D eigenvalue weighted by molar-refractivity contribution is 5.08. The number of pyridine rings is 1. The fourth-order valence-electron chi connectivity index (χ4n) is 1.97. The summed E-state index contributed by atoms with van der Waals surface area (Å²) < 4.78 is 0. The Morgan fingerprint density at radius 3 is 2.71 bits per heavy atom. The zero-order valence-corrected chi connectivity index (χ0v) is 11.0. The van der Waals surface area contributed by atoms with Crippen molar-refractivity contribution < 1.29 is 0 Å². The second-order valence-electron chi connectivity index (χ2n) is 5.09. The number of aromatic nitrogens is 1. The van der Waals surface area contributed by atoms with E-state index >= 15 is 0 Å². The van der Waals surface area contributed by atoms with Gasteiger partial charge in [0, 0.05) is 18.4 Å². The lowest BCUT2D eigenvalue weighted by molar-refractivity contribution is 0.424. The molecule has 1 unspecified atom stereocenters. The summed E-state index contributed by atoms with van der Waals surface area (Å²) in [5, 5.41) is 0. The molecular weight excluding hydrogens is 210 g/mol. The van der Waals surface area contributed by atoms with Crippen LogP contribution in [0.25, 0.3) is 0 Å². The summed E-state index contributed by atoms with van der Waals surface area (Å²) in [5.41, 5.74) is 4.21. The second kappa shape index (κ2) is 8.20. The van der Waals surface area contributed by atoms with Crippen LogP contribution >= 0.6 is 0 Å². The van der Waals surface area contributed by atoms with Crippen molar-refractivity contribution in [2.45, 2.75) is 52.0 Å². The Morgan fingerprint density at radius 1 is 1.29 bits per heavy atom. The van der Waals surface area contributed by atoms with Crippen LogP contribution in [0, 0.1) is 5.92 Å². The van der Waals surface area contributed by atoms with Crippen LogP contribution in [0.4, 0.5) is 0 Å². The Morgan fingerprint density at radius 2 is 2.12 bits per heavy atom. The molecule has 17 heavy (non-hydrogen) atoms. The van der Waals surface area contributed by atoms with E-state index < -0.39 is 0 Å². The van der Waals surface area contributed by atoms with Crippen molar-refractivity contribution in [1.29, 1.82) is 0 Å². The molecule has 0 aliphatic heterocycles. The molecule has 0 saturated carbocycles. The summed E-state index contributed by atoms with van der Waals surface area (Å²) in [4.78, 5) is 4.12. The third-order valence-electron chi connectivity index (χ3n) is 3.07. The maximum Gasteiger partial charge on any atom is 0.0299 e. The Hall–Kier alpha value is -0.930. The molecule has 0 aromatic carbocycles. The molecule has 3 heteroatoms. The first kappa shape index (κ1) is 14.1. The van der Waals surface area contributed by atoms with Crippen molar-refractivity contribution in [3.63, 3.8) is 0 Å². The number of nitrogens with one attached hydrogen (secondary N) is 1. The molecule has 0 amide bonds. The van der Waals surface area contributed by atoms with Crippen molar-refractivity contribution in [1.82, 2.24) is 10.4 Å². The highest BCUT2D eigenvalue weighted by atomic mass is 15.2. The SMILES string of the molecule is CC(C)CCCC(CCc1cccnc1)NN. The molecule has 0 saturated heterocycles. The standard InChI is InChI=1S/C14H25N3/c1-12(2)5-3-7-14(17-15)9-8-13-6-4-10-16-11-13/h4,6,10-12,14,17H,3,5,7-9,15H2,1-2H3. The Kier molecular flexibility index (Phi) is 6.82. The van der Waals surface area contributed by atoms with Crippen LogP contribution in [0.15, 0.2) is 24.5 Å². The Bertz CT molecular complexity index is 285. The third-order valence-corrected chi connectivity index (χ3v) is 3.07. The van der Waals surface area contributed by atoms with Crippen LogP contribution in [-0.2, 0) is 6.42 Å². The molecule has 1 aromatic heterocycles. The minimum absolute atomic E-state index is 0.425. The van der Waals surface area contributed by atoms with E-state index in [9.17, 15) is 0 Å². The molecule has 0 aliphatic carbocycles. The van der Waals surface area contributed by atoms with E-state index in [-0.39, 0.29) is 0 Å². The van der Waals surface area contributed by atoms with E-state index in [4.69, 9.17) is 5.84 Å². The summed E-state index contributed by atoms with van der Waals surface area (Å²) in [7, 11) is 0. The molecular formula is C14H25N3. The Balaban J connectivity index is 2.23. The zero-order chi connectivity index (χ0) is 12.5. The summed E-state index contributed by atoms with van der Waals surface area (Å²) in [6, 6.07) is 4.53. The van der Waals surface area contributed by atoms with Crippen molar-refractivity contribution in [2.75, 3.05) is 0 Å². The fraction of sp³-hybridized carbons (Fsp3) is 0.643. The normalized spacial score (nSPS) is 12.9. The number of hydrogen-bond acceptors (Lipinski definition) is 3. The first-order chi connectivity index (χ1) is 8.22. The van der Waals surface area contributed by atoms with Crippen molar-refractivity contribution >= 4 is 0 Å². The number of hydrazine groups is 1. The molecule has 0 bridgehead atoms. The van der Waals surface area contributed by atoms with Crippen LogP contribution in [0.5, 0.6) is 0 Å². The molecule has 0 fully saturated rings. The van der Waals surface area contributed by atoms with Gasteiger partial charge in [-0.25, -0.2) is 0 Å². The van der Waals surface area contributed by atoms with Gasteiger partial charge in [0.25, 0.3) is 0 Å². The van der Waals surface area contributed by atoms with Gasteiger partial charge in [-0.3, -0.25) is 16.3 Å². The van der Waals surface area contributed by atoms with Gasteiger partial charge in [0.05, 0.1) is 0 Å². The lowest BCUT2D eigenvalue weighted by Crippen LogP contribution is -2.35. The number of aryl methyl sites for hydroxylation is 1. The van der Waals surface area contributed by atoms with E-state index in [1.165, 1.54) is 18.4 Å². The smallest absolute Gasteiger partial charge is 0.0299 e. The molecule has 1 rings (SSSR count). The number of nitrogens with two attached hydrogens (primary N) is 1. The predicted octanol–water partition coefficient (Wildman–Crippen LogP) is 2.67. The predicted molar refractivity (Wildman–Crippen MR) is 72.4 cm³/mol. The van der Waals surface area contributed by atoms with Crippen LogP contribution in [0.1, 0.15) is 45.1 Å². The second-order valence-corrected chi connectivity index (χ2v) is 5.09. The van der Waals surface area contributed by atoms with E-state index in [0.717, 1.165) is 25.2 Å². The first-order valence-corrected chi connectivity index (χ1v) is 6.57. The summed E-state index contributed by atoms with van der Waals surface area (Å²) >= 11 is 0. The molecule has 0 radical (unpaired) electrons. The third kappa shape index (κ3) is 6.39. The summed E-state index contributed by atoms with van der Waals surface area (Å²) in [5.74, 6) is 6.37. The maximum absolute atomic E-state index is 5.59. The van der Waals surface area contributed by atoms with Crippen LogP contribution in [0.2, 0.25) is 0 Å². The average Bonchev–Trinajstić information content (AvgIpc) is 2.34. The zero-order valence-electron chi connectivity index (χ0n) is 11.0. The van der Waals surface area contributed by atoms with Gasteiger partial charge in [-0.2, -0.15) is 0 Å². The minimum atomic E-state index is 0.425. The average molecular weight is 235 g/mol. The van der Waals surface area contributed by atoms with Crippen molar-refractivity contribution in [2.24, 2.45) is 11.8 Å². The molecule has 0 aliphatic rings. The molecule has 0 spiro atoms. The molecule has 1 atom stereocenters. The minimum Gasteiger partial charge on any atom is -0.271 e. The fourth-order valence-corrected chi connectivity index (χ4v) is 1.97. The van der Waals surface area contributed by atoms with Gasteiger partial charge in [0.2, 0.25) is 0 Å². The molecule has 1 heterocycles. The van der Waals surface area contributed by atoms with E-state index in [1.807, 2.05) is 18.5 Å². The van der Waals surface area contributed by atoms with Gasteiger partial charge in [-0.15, -0.1) is 0 Å². The van der Waals surface area contributed by atoms with Crippen molar-refractivity contribution in [3.8, 4) is 0 Å². The molecule has 3 nitrogen and oxygen atoms in total. The van der Waals surface area contributed by atoms with Crippen LogP contribution in [-0.4, -0.2) is 11.0 Å². The van der Waals surface area contributed by atoms with E-state index in [2.05, 4.69) is 30.3 Å². The van der Waals surface area contributed by atoms with Crippen LogP contribution < -0.4 is 11.3 Å². The molecule has 3 N–H and O–H groups in total. The van der Waals surface area contributed by atoms with Gasteiger partial charge in [-0.1, -0.05) is 32.8 Å². The quantitative estimate of drug-likeness (QED) is 0.538. The van der Waals surface area contributed by atoms with E-state index in [1.54, 1.807) is 0 Å². The molecule has 96 valence electrons. The summed E-state index contributed by atoms with van der Waals surface area (Å²) in [6.45, 7) is 4.53. The van der Waals surface area contributed by atoms with Gasteiger partial charge in [0.15, 0.2) is 0 Å².